The zero-order valence-electron chi connectivity index (χ0n) is 21.7. The molecule has 3 aromatic carbocycles. The number of ether oxygens (including phenoxy) is 1. The predicted molar refractivity (Wildman–Crippen MR) is 142 cm³/mol. The molecular formula is C30H26F5N3O2. The molecule has 2 atom stereocenters. The second kappa shape index (κ2) is 10.4. The van der Waals surface area contributed by atoms with E-state index in [1.165, 1.54) is 36.8 Å². The Balaban J connectivity index is 1.79. The lowest BCUT2D eigenvalue weighted by molar-refractivity contribution is -0.138. The summed E-state index contributed by atoms with van der Waals surface area (Å²) in [6, 6.07) is 14.8. The Bertz CT molecular complexity index is 1630. The normalized spacial score (nSPS) is 15.4. The first-order valence-corrected chi connectivity index (χ1v) is 12.5. The Morgan fingerprint density at radius 2 is 1.73 bits per heavy atom. The van der Waals surface area contributed by atoms with Gasteiger partial charge >= 0.3 is 6.18 Å². The van der Waals surface area contributed by atoms with Crippen LogP contribution in [0.1, 0.15) is 39.9 Å². The van der Waals surface area contributed by atoms with Crippen molar-refractivity contribution in [3.05, 3.63) is 117 Å². The summed E-state index contributed by atoms with van der Waals surface area (Å²) >= 11 is 0. The number of fused-ring (bicyclic) bond motifs is 1. The second-order valence-corrected chi connectivity index (χ2v) is 9.65. The van der Waals surface area contributed by atoms with Crippen LogP contribution in [0.3, 0.4) is 0 Å². The number of halogens is 5. The van der Waals surface area contributed by atoms with E-state index in [9.17, 15) is 22.4 Å². The highest BCUT2D eigenvalue weighted by molar-refractivity contribution is 5.74. The molecule has 0 bridgehead atoms. The van der Waals surface area contributed by atoms with Gasteiger partial charge in [0.05, 0.1) is 30.3 Å². The molecular weight excluding hydrogens is 529 g/mol. The highest BCUT2D eigenvalue weighted by Crippen LogP contribution is 2.41. The zero-order chi connectivity index (χ0) is 28.8. The van der Waals surface area contributed by atoms with Crippen molar-refractivity contribution < 1.29 is 26.7 Å². The molecule has 4 aromatic rings. The SMILES string of the molecule is COc1cccc(-c2c(C)c(Cc3c(F)cccc3C(F)(F)F)c3n(c2=O)[C@@H](C(N)c2ccccc2)CN3)c1F. The third-order valence-electron chi connectivity index (χ3n) is 7.43. The van der Waals surface area contributed by atoms with Gasteiger partial charge in [-0.1, -0.05) is 48.5 Å². The molecule has 0 aliphatic carbocycles. The standard InChI is InChI=1S/C30H26F5N3O2/c1-16-19(14-20-21(30(33,34)35)11-7-12-22(20)31)28-37-15-23(27(36)17-8-4-3-5-9-17)38(28)29(39)25(16)18-10-6-13-24(40-2)26(18)32/h3-13,23,27,37H,14-15,36H2,1-2H3/t23-,27?/m1/s1. The molecule has 0 fully saturated rings. The van der Waals surface area contributed by atoms with E-state index in [1.807, 2.05) is 6.07 Å². The van der Waals surface area contributed by atoms with Crippen LogP contribution in [0.2, 0.25) is 0 Å². The summed E-state index contributed by atoms with van der Waals surface area (Å²) in [7, 11) is 1.28. The first-order valence-electron chi connectivity index (χ1n) is 12.5. The van der Waals surface area contributed by atoms with Gasteiger partial charge < -0.3 is 15.8 Å². The van der Waals surface area contributed by atoms with E-state index in [2.05, 4.69) is 5.32 Å². The van der Waals surface area contributed by atoms with E-state index >= 15 is 4.39 Å². The van der Waals surface area contributed by atoms with E-state index in [0.717, 1.165) is 23.8 Å². The maximum atomic E-state index is 15.5. The van der Waals surface area contributed by atoms with Gasteiger partial charge in [0.1, 0.15) is 11.6 Å². The average Bonchev–Trinajstić information content (AvgIpc) is 3.37. The highest BCUT2D eigenvalue weighted by atomic mass is 19.4. The molecule has 208 valence electrons. The number of aromatic nitrogens is 1. The second-order valence-electron chi connectivity index (χ2n) is 9.65. The Morgan fingerprint density at radius 3 is 2.40 bits per heavy atom. The largest absolute Gasteiger partial charge is 0.494 e. The lowest BCUT2D eigenvalue weighted by atomic mass is 9.91. The van der Waals surface area contributed by atoms with Crippen LogP contribution >= 0.6 is 0 Å². The number of alkyl halides is 3. The van der Waals surface area contributed by atoms with Crippen molar-refractivity contribution in [1.82, 2.24) is 4.57 Å². The fourth-order valence-electron chi connectivity index (χ4n) is 5.42. The first kappa shape index (κ1) is 27.4. The summed E-state index contributed by atoms with van der Waals surface area (Å²) < 4.78 is 78.6. The lowest BCUT2D eigenvalue weighted by Crippen LogP contribution is -2.32. The topological polar surface area (TPSA) is 69.3 Å². The zero-order valence-corrected chi connectivity index (χ0v) is 21.7. The molecule has 0 saturated heterocycles. The minimum Gasteiger partial charge on any atom is -0.494 e. The molecule has 1 aliphatic heterocycles. The quantitative estimate of drug-likeness (QED) is 0.271. The summed E-state index contributed by atoms with van der Waals surface area (Å²) in [4.78, 5) is 14.1. The monoisotopic (exact) mass is 555 g/mol. The number of nitrogens with zero attached hydrogens (tertiary/aromatic N) is 1. The summed E-state index contributed by atoms with van der Waals surface area (Å²) in [6.45, 7) is 1.71. The van der Waals surface area contributed by atoms with Crippen molar-refractivity contribution in [1.29, 1.82) is 0 Å². The van der Waals surface area contributed by atoms with E-state index in [-0.39, 0.29) is 40.4 Å². The molecule has 3 N–H and O–H groups in total. The molecule has 5 nitrogen and oxygen atoms in total. The fourth-order valence-corrected chi connectivity index (χ4v) is 5.42. The van der Waals surface area contributed by atoms with Crippen LogP contribution in [0.25, 0.3) is 11.1 Å². The third kappa shape index (κ3) is 4.62. The lowest BCUT2D eigenvalue weighted by Gasteiger charge is -2.24. The molecule has 0 amide bonds. The number of nitrogens with two attached hydrogens (primary N) is 1. The predicted octanol–water partition coefficient (Wildman–Crippen LogP) is 6.39. The Hall–Kier alpha value is -4.18. The Kier molecular flexibility index (Phi) is 7.14. The van der Waals surface area contributed by atoms with Crippen LogP contribution in [0, 0.1) is 18.6 Å². The van der Waals surface area contributed by atoms with Crippen LogP contribution in [-0.4, -0.2) is 18.2 Å². The molecule has 10 heteroatoms. The van der Waals surface area contributed by atoms with Gasteiger partial charge in [-0.3, -0.25) is 9.36 Å². The van der Waals surface area contributed by atoms with Gasteiger partial charge in [-0.25, -0.2) is 8.78 Å². The number of hydrogen-bond acceptors (Lipinski definition) is 4. The summed E-state index contributed by atoms with van der Waals surface area (Å²) in [5.74, 6) is -1.72. The maximum Gasteiger partial charge on any atom is 0.416 e. The van der Waals surface area contributed by atoms with Crippen LogP contribution in [0.15, 0.2) is 71.5 Å². The molecule has 0 spiro atoms. The number of anilines is 1. The van der Waals surface area contributed by atoms with Crippen LogP contribution < -0.4 is 21.3 Å². The smallest absolute Gasteiger partial charge is 0.416 e. The molecule has 1 unspecified atom stereocenters. The van der Waals surface area contributed by atoms with Gasteiger partial charge in [-0.2, -0.15) is 13.2 Å². The van der Waals surface area contributed by atoms with Crippen molar-refractivity contribution in [2.45, 2.75) is 31.6 Å². The number of pyridine rings is 1. The summed E-state index contributed by atoms with van der Waals surface area (Å²) in [5.41, 5.74) is 5.37. The van der Waals surface area contributed by atoms with Gasteiger partial charge in [-0.05, 0) is 36.2 Å². The van der Waals surface area contributed by atoms with Crippen molar-refractivity contribution in [3.8, 4) is 16.9 Å². The van der Waals surface area contributed by atoms with Crippen molar-refractivity contribution >= 4 is 5.82 Å². The number of benzene rings is 3. The van der Waals surface area contributed by atoms with E-state index in [0.29, 0.717) is 0 Å². The van der Waals surface area contributed by atoms with Gasteiger partial charge in [0.15, 0.2) is 11.6 Å². The third-order valence-corrected chi connectivity index (χ3v) is 7.43. The van der Waals surface area contributed by atoms with E-state index < -0.39 is 53.0 Å². The molecule has 5 rings (SSSR count). The van der Waals surface area contributed by atoms with Crippen molar-refractivity contribution in [2.75, 3.05) is 19.0 Å². The molecule has 0 radical (unpaired) electrons. The van der Waals surface area contributed by atoms with Gasteiger partial charge in [0.2, 0.25) is 0 Å². The van der Waals surface area contributed by atoms with Crippen molar-refractivity contribution in [3.63, 3.8) is 0 Å². The Morgan fingerprint density at radius 1 is 1.02 bits per heavy atom. The average molecular weight is 556 g/mol. The van der Waals surface area contributed by atoms with Crippen LogP contribution in [0.5, 0.6) is 5.75 Å². The molecule has 1 aromatic heterocycles. The summed E-state index contributed by atoms with van der Waals surface area (Å²) in [6.07, 6.45) is -5.31. The summed E-state index contributed by atoms with van der Waals surface area (Å²) in [5, 5.41) is 3.13. The van der Waals surface area contributed by atoms with Gasteiger partial charge in [0.25, 0.3) is 5.56 Å². The molecule has 40 heavy (non-hydrogen) atoms. The van der Waals surface area contributed by atoms with Crippen molar-refractivity contribution in [2.24, 2.45) is 5.73 Å². The first-order chi connectivity index (χ1) is 19.0. The number of rotatable bonds is 6. The fraction of sp³-hybridized carbons (Fsp3) is 0.233. The number of hydrogen-bond donors (Lipinski definition) is 2. The van der Waals surface area contributed by atoms with E-state index in [1.54, 1.807) is 24.3 Å². The van der Waals surface area contributed by atoms with Crippen LogP contribution in [-0.2, 0) is 12.6 Å². The molecule has 0 saturated carbocycles. The van der Waals surface area contributed by atoms with E-state index in [4.69, 9.17) is 10.5 Å². The Labute approximate surface area is 227 Å². The minimum absolute atomic E-state index is 0.0611. The molecule has 1 aliphatic rings. The van der Waals surface area contributed by atoms with Gasteiger partial charge in [-0.15, -0.1) is 0 Å². The highest BCUT2D eigenvalue weighted by Gasteiger charge is 2.37. The van der Waals surface area contributed by atoms with Crippen LogP contribution in [0.4, 0.5) is 27.8 Å². The minimum atomic E-state index is -4.81. The molecule has 2 heterocycles. The number of methoxy groups -OCH3 is 1. The maximum absolute atomic E-state index is 15.5. The van der Waals surface area contributed by atoms with Gasteiger partial charge in [0, 0.05) is 29.7 Å². The number of nitrogens with one attached hydrogen (secondary N) is 1.